The lowest BCUT2D eigenvalue weighted by molar-refractivity contribution is 0.0755. The standard InChI is InChI=1S/C21H18ClN3O4S/c1-28-19-15(8-9-23-21(19)27)12-2-4-13(5-3-12)16-10-14(29-25-16)11-24-20(26)17-6-7-18(22)30-17/h2-9,14H,10-11H2,1H3,(H,23,27)(H,24,26). The number of methoxy groups -OCH3 is 1. The van der Waals surface area contributed by atoms with Crippen LogP contribution in [0.3, 0.4) is 0 Å². The molecule has 1 aromatic carbocycles. The molecule has 0 saturated heterocycles. The van der Waals surface area contributed by atoms with Crippen LogP contribution < -0.4 is 15.6 Å². The van der Waals surface area contributed by atoms with Crippen LogP contribution in [0.4, 0.5) is 0 Å². The highest BCUT2D eigenvalue weighted by Gasteiger charge is 2.23. The first-order chi connectivity index (χ1) is 14.5. The van der Waals surface area contributed by atoms with Crippen LogP contribution in [0, 0.1) is 0 Å². The predicted octanol–water partition coefficient (Wildman–Crippen LogP) is 3.69. The van der Waals surface area contributed by atoms with E-state index < -0.39 is 0 Å². The Hall–Kier alpha value is -3.10. The minimum Gasteiger partial charge on any atom is -0.491 e. The Bertz CT molecular complexity index is 1150. The normalized spacial score (nSPS) is 15.4. The van der Waals surface area contributed by atoms with Gasteiger partial charge in [0.2, 0.25) is 0 Å². The van der Waals surface area contributed by atoms with Crippen molar-refractivity contribution in [1.82, 2.24) is 10.3 Å². The van der Waals surface area contributed by atoms with Gasteiger partial charge in [-0.1, -0.05) is 41.0 Å². The van der Waals surface area contributed by atoms with Gasteiger partial charge in [-0.25, -0.2) is 0 Å². The zero-order chi connectivity index (χ0) is 21.1. The number of ether oxygens (including phenoxy) is 1. The molecule has 3 heterocycles. The summed E-state index contributed by atoms with van der Waals surface area (Å²) >= 11 is 7.10. The Kier molecular flexibility index (Phi) is 5.87. The van der Waals surface area contributed by atoms with E-state index >= 15 is 0 Å². The summed E-state index contributed by atoms with van der Waals surface area (Å²) < 4.78 is 5.80. The van der Waals surface area contributed by atoms with Crippen molar-refractivity contribution in [2.24, 2.45) is 5.16 Å². The maximum atomic E-state index is 12.1. The van der Waals surface area contributed by atoms with E-state index in [9.17, 15) is 9.59 Å². The summed E-state index contributed by atoms with van der Waals surface area (Å²) in [5.74, 6) is 0.0923. The van der Waals surface area contributed by atoms with E-state index in [0.29, 0.717) is 27.7 Å². The topological polar surface area (TPSA) is 92.8 Å². The van der Waals surface area contributed by atoms with Crippen molar-refractivity contribution in [3.63, 3.8) is 0 Å². The second kappa shape index (κ2) is 8.73. The number of nitrogens with zero attached hydrogens (tertiary/aromatic N) is 1. The van der Waals surface area contributed by atoms with Crippen molar-refractivity contribution in [2.45, 2.75) is 12.5 Å². The maximum Gasteiger partial charge on any atom is 0.290 e. The number of carbonyl (C=O) groups is 1. The SMILES string of the molecule is COc1c(-c2ccc(C3=NOC(CNC(=O)c4ccc(Cl)s4)C3)cc2)cc[nH]c1=O. The molecular weight excluding hydrogens is 426 g/mol. The molecule has 9 heteroatoms. The minimum atomic E-state index is -0.276. The van der Waals surface area contributed by atoms with E-state index in [1.54, 1.807) is 24.4 Å². The number of carbonyl (C=O) groups excluding carboxylic acids is 1. The molecule has 30 heavy (non-hydrogen) atoms. The molecule has 0 spiro atoms. The molecule has 4 rings (SSSR count). The molecule has 1 unspecified atom stereocenters. The summed E-state index contributed by atoms with van der Waals surface area (Å²) in [6.45, 7) is 0.351. The number of hydrogen-bond donors (Lipinski definition) is 2. The molecule has 0 saturated carbocycles. The third-order valence-corrected chi connectivity index (χ3v) is 5.90. The first-order valence-electron chi connectivity index (χ1n) is 9.18. The molecule has 1 aliphatic heterocycles. The van der Waals surface area contributed by atoms with Gasteiger partial charge < -0.3 is 19.9 Å². The molecule has 2 N–H and O–H groups in total. The van der Waals surface area contributed by atoms with Gasteiger partial charge in [-0.3, -0.25) is 9.59 Å². The van der Waals surface area contributed by atoms with Crippen LogP contribution in [0.15, 0.2) is 58.6 Å². The number of aromatic amines is 1. The van der Waals surface area contributed by atoms with Crippen molar-refractivity contribution in [1.29, 1.82) is 0 Å². The summed E-state index contributed by atoms with van der Waals surface area (Å²) in [5, 5.41) is 7.00. The van der Waals surface area contributed by atoms with Crippen LogP contribution in [0.2, 0.25) is 4.34 Å². The van der Waals surface area contributed by atoms with Gasteiger partial charge in [0.15, 0.2) is 5.75 Å². The highest BCUT2D eigenvalue weighted by molar-refractivity contribution is 7.18. The van der Waals surface area contributed by atoms with Gasteiger partial charge in [-0.05, 0) is 29.3 Å². The Morgan fingerprint density at radius 1 is 1.27 bits per heavy atom. The number of halogens is 1. The van der Waals surface area contributed by atoms with Crippen molar-refractivity contribution in [3.8, 4) is 16.9 Å². The van der Waals surface area contributed by atoms with Gasteiger partial charge in [-0.15, -0.1) is 11.3 Å². The number of oxime groups is 1. The molecule has 1 atom stereocenters. The van der Waals surface area contributed by atoms with E-state index in [1.165, 1.54) is 18.4 Å². The summed E-state index contributed by atoms with van der Waals surface area (Å²) in [6.07, 6.45) is 1.94. The van der Waals surface area contributed by atoms with Crippen molar-refractivity contribution >= 4 is 34.6 Å². The van der Waals surface area contributed by atoms with Crippen LogP contribution in [-0.2, 0) is 4.84 Å². The fraction of sp³-hybridized carbons (Fsp3) is 0.190. The number of pyridine rings is 1. The quantitative estimate of drug-likeness (QED) is 0.607. The van der Waals surface area contributed by atoms with Crippen molar-refractivity contribution < 1.29 is 14.4 Å². The number of nitrogens with one attached hydrogen (secondary N) is 2. The van der Waals surface area contributed by atoms with E-state index in [0.717, 1.165) is 16.8 Å². The molecule has 0 bridgehead atoms. The summed E-state index contributed by atoms with van der Waals surface area (Å²) in [6, 6.07) is 12.8. The highest BCUT2D eigenvalue weighted by atomic mass is 35.5. The molecule has 0 radical (unpaired) electrons. The minimum absolute atomic E-state index is 0.180. The second-order valence-electron chi connectivity index (χ2n) is 6.61. The maximum absolute atomic E-state index is 12.1. The molecule has 0 aliphatic carbocycles. The zero-order valence-electron chi connectivity index (χ0n) is 16.0. The molecule has 2 aromatic heterocycles. The van der Waals surface area contributed by atoms with Gasteiger partial charge in [0, 0.05) is 18.2 Å². The Morgan fingerprint density at radius 2 is 2.03 bits per heavy atom. The van der Waals surface area contributed by atoms with Gasteiger partial charge in [0.1, 0.15) is 6.10 Å². The lowest BCUT2D eigenvalue weighted by Gasteiger charge is -2.09. The first kappa shape index (κ1) is 20.2. The number of H-pyrrole nitrogens is 1. The van der Waals surface area contributed by atoms with Crippen LogP contribution in [0.1, 0.15) is 21.7 Å². The average molecular weight is 444 g/mol. The van der Waals surface area contributed by atoms with Gasteiger partial charge >= 0.3 is 0 Å². The fourth-order valence-corrected chi connectivity index (χ4v) is 4.13. The van der Waals surface area contributed by atoms with E-state index in [1.807, 2.05) is 24.3 Å². The molecule has 1 amide bonds. The van der Waals surface area contributed by atoms with E-state index in [2.05, 4.69) is 15.5 Å². The highest BCUT2D eigenvalue weighted by Crippen LogP contribution is 2.27. The molecule has 7 nitrogen and oxygen atoms in total. The van der Waals surface area contributed by atoms with E-state index in [4.69, 9.17) is 21.2 Å². The Labute approximate surface area is 181 Å². The van der Waals surface area contributed by atoms with Crippen LogP contribution in [0.25, 0.3) is 11.1 Å². The third-order valence-electron chi connectivity index (χ3n) is 4.67. The lowest BCUT2D eigenvalue weighted by atomic mass is 10.00. The smallest absolute Gasteiger partial charge is 0.290 e. The van der Waals surface area contributed by atoms with Gasteiger partial charge in [0.05, 0.1) is 28.6 Å². The number of benzene rings is 1. The second-order valence-corrected chi connectivity index (χ2v) is 8.33. The van der Waals surface area contributed by atoms with Crippen LogP contribution in [-0.4, -0.2) is 36.4 Å². The number of rotatable bonds is 6. The van der Waals surface area contributed by atoms with Crippen LogP contribution >= 0.6 is 22.9 Å². The number of amides is 1. The Balaban J connectivity index is 1.38. The molecular formula is C21H18ClN3O4S. The van der Waals surface area contributed by atoms with Gasteiger partial charge in [-0.2, -0.15) is 0 Å². The Morgan fingerprint density at radius 3 is 2.73 bits per heavy atom. The van der Waals surface area contributed by atoms with Crippen molar-refractivity contribution in [3.05, 3.63) is 73.8 Å². The van der Waals surface area contributed by atoms with Crippen molar-refractivity contribution in [2.75, 3.05) is 13.7 Å². The summed E-state index contributed by atoms with van der Waals surface area (Å²) in [5.41, 5.74) is 3.02. The monoisotopic (exact) mass is 443 g/mol. The fourth-order valence-electron chi connectivity index (χ4n) is 3.17. The third kappa shape index (κ3) is 4.24. The summed E-state index contributed by atoms with van der Waals surface area (Å²) in [4.78, 5) is 32.7. The van der Waals surface area contributed by atoms with Gasteiger partial charge in [0.25, 0.3) is 11.5 Å². The average Bonchev–Trinajstić information content (AvgIpc) is 3.41. The largest absolute Gasteiger partial charge is 0.491 e. The molecule has 3 aromatic rings. The molecule has 1 aliphatic rings. The molecule has 154 valence electrons. The number of aromatic nitrogens is 1. The number of hydrogen-bond acceptors (Lipinski definition) is 6. The lowest BCUT2D eigenvalue weighted by Crippen LogP contribution is -2.31. The van der Waals surface area contributed by atoms with Crippen LogP contribution in [0.5, 0.6) is 5.75 Å². The molecule has 0 fully saturated rings. The summed E-state index contributed by atoms with van der Waals surface area (Å²) in [7, 11) is 1.47. The number of thiophene rings is 1. The first-order valence-corrected chi connectivity index (χ1v) is 10.4. The van der Waals surface area contributed by atoms with E-state index in [-0.39, 0.29) is 23.3 Å². The predicted molar refractivity (Wildman–Crippen MR) is 117 cm³/mol. The zero-order valence-corrected chi connectivity index (χ0v) is 17.5.